The van der Waals surface area contributed by atoms with Crippen molar-refractivity contribution in [2.75, 3.05) is 5.32 Å². The van der Waals surface area contributed by atoms with Crippen LogP contribution < -0.4 is 5.32 Å². The van der Waals surface area contributed by atoms with E-state index in [1.807, 2.05) is 6.92 Å². The minimum atomic E-state index is -1.03. The maximum atomic E-state index is 13.0. The lowest BCUT2D eigenvalue weighted by Gasteiger charge is -2.13. The molecule has 1 aliphatic rings. The summed E-state index contributed by atoms with van der Waals surface area (Å²) in [6.07, 6.45) is 0.686. The molecule has 1 amide bonds. The molecule has 142 valence electrons. The molecular formula is C20H20FNO4S. The van der Waals surface area contributed by atoms with Crippen molar-refractivity contribution in [3.8, 4) is 0 Å². The Morgan fingerprint density at radius 3 is 2.41 bits per heavy atom. The maximum absolute atomic E-state index is 13.0. The highest BCUT2D eigenvalue weighted by molar-refractivity contribution is 7.16. The monoisotopic (exact) mass is 389 g/mol. The number of hydrogen-bond acceptors (Lipinski definition) is 5. The molecule has 1 aromatic heterocycles. The van der Waals surface area contributed by atoms with Gasteiger partial charge in [-0.05, 0) is 63.4 Å². The van der Waals surface area contributed by atoms with E-state index in [1.54, 1.807) is 6.92 Å². The maximum Gasteiger partial charge on any atom is 0.342 e. The van der Waals surface area contributed by atoms with Gasteiger partial charge in [0.1, 0.15) is 10.8 Å². The number of Topliss-reactive ketones (excluding diaryl/α,β-unsaturated/α-hetero) is 1. The summed E-state index contributed by atoms with van der Waals surface area (Å²) in [4.78, 5) is 38.1. The smallest absolute Gasteiger partial charge is 0.342 e. The number of anilines is 1. The van der Waals surface area contributed by atoms with Crippen LogP contribution in [0.25, 0.3) is 0 Å². The molecule has 1 N–H and O–H groups in total. The molecule has 0 aliphatic heterocycles. The summed E-state index contributed by atoms with van der Waals surface area (Å²) in [5.41, 5.74) is 1.26. The van der Waals surface area contributed by atoms with Crippen molar-refractivity contribution in [1.82, 2.24) is 0 Å². The zero-order valence-corrected chi connectivity index (χ0v) is 16.1. The summed E-state index contributed by atoms with van der Waals surface area (Å²) in [5, 5.41) is 3.26. The van der Waals surface area contributed by atoms with E-state index in [9.17, 15) is 18.8 Å². The third-order valence-corrected chi connectivity index (χ3v) is 5.68. The number of thiophene rings is 1. The van der Waals surface area contributed by atoms with Crippen LogP contribution >= 0.6 is 11.3 Å². The number of carbonyl (C=O) groups excluding carboxylic acids is 3. The van der Waals surface area contributed by atoms with Crippen molar-refractivity contribution in [1.29, 1.82) is 0 Å². The summed E-state index contributed by atoms with van der Waals surface area (Å²) >= 11 is 1.32. The second kappa shape index (κ2) is 7.60. The molecule has 1 heterocycles. The van der Waals surface area contributed by atoms with Crippen LogP contribution in [0.15, 0.2) is 24.3 Å². The summed E-state index contributed by atoms with van der Waals surface area (Å²) in [7, 11) is 0. The number of hydrogen-bond donors (Lipinski definition) is 1. The Bertz CT molecular complexity index is 899. The normalized spacial score (nSPS) is 14.5. The molecule has 1 aliphatic carbocycles. The van der Waals surface area contributed by atoms with Gasteiger partial charge in [-0.25, -0.2) is 9.18 Å². The van der Waals surface area contributed by atoms with Gasteiger partial charge in [-0.1, -0.05) is 0 Å². The Balaban J connectivity index is 1.75. The summed E-state index contributed by atoms with van der Waals surface area (Å²) in [6, 6.07) is 5.06. The van der Waals surface area contributed by atoms with E-state index in [0.717, 1.165) is 23.3 Å². The van der Waals surface area contributed by atoms with E-state index in [1.165, 1.54) is 42.5 Å². The zero-order valence-electron chi connectivity index (χ0n) is 15.3. The molecule has 1 saturated carbocycles. The fraction of sp³-hybridized carbons (Fsp3) is 0.350. The first kappa shape index (κ1) is 19.2. The van der Waals surface area contributed by atoms with Crippen LogP contribution in [-0.2, 0) is 9.53 Å². The first-order valence-electron chi connectivity index (χ1n) is 8.69. The van der Waals surface area contributed by atoms with Crippen molar-refractivity contribution in [2.45, 2.75) is 39.7 Å². The highest BCUT2D eigenvalue weighted by Gasteiger charge is 2.32. The summed E-state index contributed by atoms with van der Waals surface area (Å²) < 4.78 is 18.4. The average Bonchev–Trinajstić information content (AvgIpc) is 3.42. The Morgan fingerprint density at radius 2 is 1.81 bits per heavy atom. The van der Waals surface area contributed by atoms with E-state index in [2.05, 4.69) is 5.32 Å². The van der Waals surface area contributed by atoms with Gasteiger partial charge < -0.3 is 10.1 Å². The second-order valence-corrected chi connectivity index (χ2v) is 7.89. The Hall–Kier alpha value is -2.54. The van der Waals surface area contributed by atoms with Crippen molar-refractivity contribution < 1.29 is 23.5 Å². The minimum Gasteiger partial charge on any atom is -0.451 e. The second-order valence-electron chi connectivity index (χ2n) is 6.67. The Kier molecular flexibility index (Phi) is 5.41. The van der Waals surface area contributed by atoms with Gasteiger partial charge in [0.2, 0.25) is 11.7 Å². The number of amides is 1. The van der Waals surface area contributed by atoms with Gasteiger partial charge in [0.25, 0.3) is 0 Å². The topological polar surface area (TPSA) is 72.5 Å². The number of halogens is 1. The van der Waals surface area contributed by atoms with Gasteiger partial charge >= 0.3 is 5.97 Å². The molecule has 2 aromatic rings. The number of esters is 1. The van der Waals surface area contributed by atoms with Gasteiger partial charge in [0.15, 0.2) is 6.10 Å². The molecule has 0 saturated heterocycles. The lowest BCUT2D eigenvalue weighted by molar-refractivity contribution is -0.117. The van der Waals surface area contributed by atoms with E-state index in [0.29, 0.717) is 5.00 Å². The number of nitrogens with one attached hydrogen (secondary N) is 1. The number of ether oxygens (including phenoxy) is 1. The molecule has 3 rings (SSSR count). The first-order chi connectivity index (χ1) is 12.8. The number of benzene rings is 1. The van der Waals surface area contributed by atoms with E-state index >= 15 is 0 Å². The molecule has 5 nitrogen and oxygen atoms in total. The SMILES string of the molecule is Cc1sc(NC(=O)C2CC2)c(C(=O)O[C@@H](C)C(=O)c2ccc(F)cc2)c1C. The molecule has 1 aromatic carbocycles. The predicted molar refractivity (Wildman–Crippen MR) is 101 cm³/mol. The number of aryl methyl sites for hydroxylation is 1. The van der Waals surface area contributed by atoms with Crippen LogP contribution in [-0.4, -0.2) is 23.8 Å². The van der Waals surface area contributed by atoms with E-state index in [-0.39, 0.29) is 23.0 Å². The highest BCUT2D eigenvalue weighted by Crippen LogP contribution is 2.36. The van der Waals surface area contributed by atoms with Gasteiger partial charge in [0, 0.05) is 16.4 Å². The van der Waals surface area contributed by atoms with Crippen LogP contribution in [0.1, 0.15) is 50.9 Å². The van der Waals surface area contributed by atoms with Crippen LogP contribution in [0.4, 0.5) is 9.39 Å². The fourth-order valence-corrected chi connectivity index (χ4v) is 3.69. The van der Waals surface area contributed by atoms with Crippen LogP contribution in [0.3, 0.4) is 0 Å². The molecule has 27 heavy (non-hydrogen) atoms. The lowest BCUT2D eigenvalue weighted by atomic mass is 10.1. The van der Waals surface area contributed by atoms with Gasteiger partial charge in [-0.15, -0.1) is 11.3 Å². The fourth-order valence-electron chi connectivity index (χ4n) is 2.64. The van der Waals surface area contributed by atoms with E-state index < -0.39 is 23.7 Å². The van der Waals surface area contributed by atoms with Crippen LogP contribution in [0.5, 0.6) is 0 Å². The van der Waals surface area contributed by atoms with Gasteiger partial charge in [-0.2, -0.15) is 0 Å². The molecule has 1 fully saturated rings. The third-order valence-electron chi connectivity index (χ3n) is 4.56. The molecule has 0 unspecified atom stereocenters. The number of ketones is 1. The van der Waals surface area contributed by atoms with E-state index in [4.69, 9.17) is 4.74 Å². The predicted octanol–water partition coefficient (Wildman–Crippen LogP) is 4.28. The molecule has 7 heteroatoms. The molecule has 0 radical (unpaired) electrons. The molecule has 1 atom stereocenters. The van der Waals surface area contributed by atoms with Crippen molar-refractivity contribution in [3.05, 3.63) is 51.7 Å². The summed E-state index contributed by atoms with van der Waals surface area (Å²) in [6.45, 7) is 5.11. The average molecular weight is 389 g/mol. The zero-order chi connectivity index (χ0) is 19.7. The lowest BCUT2D eigenvalue weighted by Crippen LogP contribution is -2.25. The van der Waals surface area contributed by atoms with Gasteiger partial charge in [0.05, 0.1) is 5.56 Å². The molecule has 0 bridgehead atoms. The van der Waals surface area contributed by atoms with Gasteiger partial charge in [-0.3, -0.25) is 9.59 Å². The molecule has 0 spiro atoms. The standard InChI is InChI=1S/C20H20FNO4S/c1-10-12(3)27-19(22-18(24)14-4-5-14)16(10)20(25)26-11(2)17(23)13-6-8-15(21)9-7-13/h6-9,11,14H,4-5H2,1-3H3,(H,22,24)/t11-/m0/s1. The highest BCUT2D eigenvalue weighted by atomic mass is 32.1. The minimum absolute atomic E-state index is 0.00978. The quantitative estimate of drug-likeness (QED) is 0.591. The number of carbonyl (C=O) groups is 3. The Labute approximate surface area is 160 Å². The third kappa shape index (κ3) is 4.24. The van der Waals surface area contributed by atoms with Crippen molar-refractivity contribution in [3.63, 3.8) is 0 Å². The Morgan fingerprint density at radius 1 is 1.19 bits per heavy atom. The van der Waals surface area contributed by atoms with Crippen molar-refractivity contribution >= 4 is 34.0 Å². The number of rotatable bonds is 6. The van der Waals surface area contributed by atoms with Crippen LogP contribution in [0, 0.1) is 25.6 Å². The molecular weight excluding hydrogens is 369 g/mol. The summed E-state index contributed by atoms with van der Waals surface area (Å²) in [5.74, 6) is -1.62. The first-order valence-corrected chi connectivity index (χ1v) is 9.51. The van der Waals surface area contributed by atoms with Crippen LogP contribution in [0.2, 0.25) is 0 Å². The van der Waals surface area contributed by atoms with Crippen molar-refractivity contribution in [2.24, 2.45) is 5.92 Å². The largest absolute Gasteiger partial charge is 0.451 e.